The molecule has 0 aromatic carbocycles. The molecule has 0 aliphatic heterocycles. The monoisotopic (exact) mass is 231 g/mol. The van der Waals surface area contributed by atoms with Gasteiger partial charge in [0.1, 0.15) is 5.01 Å². The minimum Gasteiger partial charge on any atom is -0.321 e. The Morgan fingerprint density at radius 1 is 1.38 bits per heavy atom. The third-order valence-electron chi connectivity index (χ3n) is 2.92. The molecule has 0 atom stereocenters. The fourth-order valence-electron chi connectivity index (χ4n) is 1.82. The molecule has 0 unspecified atom stereocenters. The van der Waals surface area contributed by atoms with Crippen molar-refractivity contribution in [2.45, 2.75) is 25.3 Å². The van der Waals surface area contributed by atoms with Crippen LogP contribution < -0.4 is 5.73 Å². The highest BCUT2D eigenvalue weighted by Gasteiger charge is 2.43. The van der Waals surface area contributed by atoms with Gasteiger partial charge in [0.25, 0.3) is 0 Å². The van der Waals surface area contributed by atoms with Gasteiger partial charge in [-0.15, -0.1) is 11.3 Å². The Morgan fingerprint density at radius 2 is 2.19 bits per heavy atom. The molecule has 3 nitrogen and oxygen atoms in total. The van der Waals surface area contributed by atoms with Crippen molar-refractivity contribution in [2.75, 3.05) is 0 Å². The van der Waals surface area contributed by atoms with Crippen LogP contribution in [0.2, 0.25) is 0 Å². The van der Waals surface area contributed by atoms with Crippen LogP contribution in [0.15, 0.2) is 24.4 Å². The third kappa shape index (κ3) is 1.54. The van der Waals surface area contributed by atoms with Gasteiger partial charge in [-0.3, -0.25) is 4.98 Å². The maximum Gasteiger partial charge on any atom is 0.142 e. The van der Waals surface area contributed by atoms with Gasteiger partial charge in [-0.1, -0.05) is 6.07 Å². The van der Waals surface area contributed by atoms with Crippen LogP contribution in [0.25, 0.3) is 10.7 Å². The SMILES string of the molecule is Cc1nc(-c2ccccn2)sc1C1(N)CC1. The Labute approximate surface area is 98.4 Å². The molecule has 1 saturated carbocycles. The van der Waals surface area contributed by atoms with E-state index in [1.807, 2.05) is 25.1 Å². The predicted octanol–water partition coefficient (Wildman–Crippen LogP) is 2.46. The number of pyridine rings is 1. The van der Waals surface area contributed by atoms with Crippen LogP contribution in [-0.4, -0.2) is 9.97 Å². The zero-order valence-corrected chi connectivity index (χ0v) is 9.92. The fourth-order valence-corrected chi connectivity index (χ4v) is 3.02. The maximum absolute atomic E-state index is 6.21. The van der Waals surface area contributed by atoms with Crippen molar-refractivity contribution in [3.8, 4) is 10.7 Å². The van der Waals surface area contributed by atoms with Crippen molar-refractivity contribution in [3.05, 3.63) is 35.0 Å². The van der Waals surface area contributed by atoms with Gasteiger partial charge >= 0.3 is 0 Å². The fraction of sp³-hybridized carbons (Fsp3) is 0.333. The third-order valence-corrected chi connectivity index (χ3v) is 4.32. The van der Waals surface area contributed by atoms with Gasteiger partial charge in [0.2, 0.25) is 0 Å². The summed E-state index contributed by atoms with van der Waals surface area (Å²) in [7, 11) is 0. The van der Waals surface area contributed by atoms with Crippen molar-refractivity contribution in [3.63, 3.8) is 0 Å². The van der Waals surface area contributed by atoms with E-state index >= 15 is 0 Å². The van der Waals surface area contributed by atoms with Gasteiger partial charge in [-0.25, -0.2) is 4.98 Å². The normalized spacial score (nSPS) is 17.4. The standard InChI is InChI=1S/C12H13N3S/c1-8-10(12(13)5-6-12)16-11(15-8)9-4-2-3-7-14-9/h2-4,7H,5-6,13H2,1H3. The summed E-state index contributed by atoms with van der Waals surface area (Å²) in [6.45, 7) is 2.03. The first-order valence-electron chi connectivity index (χ1n) is 5.37. The Kier molecular flexibility index (Phi) is 2.09. The number of thiazole rings is 1. The number of nitrogens with two attached hydrogens (primary N) is 1. The molecule has 1 fully saturated rings. The molecular weight excluding hydrogens is 218 g/mol. The van der Waals surface area contributed by atoms with E-state index in [2.05, 4.69) is 9.97 Å². The highest BCUT2D eigenvalue weighted by Crippen LogP contribution is 2.47. The van der Waals surface area contributed by atoms with E-state index < -0.39 is 0 Å². The number of aromatic nitrogens is 2. The highest BCUT2D eigenvalue weighted by atomic mass is 32.1. The van der Waals surface area contributed by atoms with Gasteiger partial charge in [-0.2, -0.15) is 0 Å². The van der Waals surface area contributed by atoms with E-state index in [0.717, 1.165) is 29.2 Å². The molecule has 1 aliphatic carbocycles. The predicted molar refractivity (Wildman–Crippen MR) is 65.2 cm³/mol. The van der Waals surface area contributed by atoms with Gasteiger partial charge < -0.3 is 5.73 Å². The molecule has 2 aromatic rings. The number of hydrogen-bond donors (Lipinski definition) is 1. The second kappa shape index (κ2) is 3.37. The van der Waals surface area contributed by atoms with E-state index in [4.69, 9.17) is 5.73 Å². The maximum atomic E-state index is 6.21. The van der Waals surface area contributed by atoms with Gasteiger partial charge in [-0.05, 0) is 31.9 Å². The first-order chi connectivity index (χ1) is 7.69. The molecule has 3 rings (SSSR count). The lowest BCUT2D eigenvalue weighted by molar-refractivity contribution is 0.748. The van der Waals surface area contributed by atoms with E-state index in [1.54, 1.807) is 17.5 Å². The molecule has 0 radical (unpaired) electrons. The molecule has 4 heteroatoms. The summed E-state index contributed by atoms with van der Waals surface area (Å²) in [5.74, 6) is 0. The number of aryl methyl sites for hydroxylation is 1. The van der Waals surface area contributed by atoms with Crippen LogP contribution in [0.5, 0.6) is 0 Å². The Balaban J connectivity index is 2.05. The topological polar surface area (TPSA) is 51.8 Å². The first kappa shape index (κ1) is 9.93. The zero-order chi connectivity index (χ0) is 11.2. The zero-order valence-electron chi connectivity index (χ0n) is 9.10. The second-order valence-corrected chi connectivity index (χ2v) is 5.30. The minimum absolute atomic E-state index is 0.0885. The number of rotatable bonds is 2. The van der Waals surface area contributed by atoms with Crippen LogP contribution in [0.1, 0.15) is 23.4 Å². The van der Waals surface area contributed by atoms with Gasteiger partial charge in [0, 0.05) is 11.1 Å². The lowest BCUT2D eigenvalue weighted by Gasteiger charge is -2.04. The average molecular weight is 231 g/mol. The summed E-state index contributed by atoms with van der Waals surface area (Å²) in [5.41, 5.74) is 8.12. The van der Waals surface area contributed by atoms with E-state index in [-0.39, 0.29) is 5.54 Å². The molecule has 82 valence electrons. The highest BCUT2D eigenvalue weighted by molar-refractivity contribution is 7.15. The first-order valence-corrected chi connectivity index (χ1v) is 6.19. The van der Waals surface area contributed by atoms with E-state index in [9.17, 15) is 0 Å². The van der Waals surface area contributed by atoms with Gasteiger partial charge in [0.05, 0.1) is 16.9 Å². The van der Waals surface area contributed by atoms with Crippen LogP contribution in [0, 0.1) is 6.92 Å². The van der Waals surface area contributed by atoms with Crippen molar-refractivity contribution in [1.82, 2.24) is 9.97 Å². The molecule has 0 bridgehead atoms. The second-order valence-electron chi connectivity index (χ2n) is 4.30. The molecule has 2 heterocycles. The van der Waals surface area contributed by atoms with Crippen LogP contribution in [0.4, 0.5) is 0 Å². The summed E-state index contributed by atoms with van der Waals surface area (Å²) in [4.78, 5) is 10.1. The number of nitrogens with zero attached hydrogens (tertiary/aromatic N) is 2. The molecule has 0 saturated heterocycles. The van der Waals surface area contributed by atoms with Crippen LogP contribution in [-0.2, 0) is 5.54 Å². The van der Waals surface area contributed by atoms with E-state index in [0.29, 0.717) is 0 Å². The molecule has 0 spiro atoms. The Morgan fingerprint density at radius 3 is 2.81 bits per heavy atom. The van der Waals surface area contributed by atoms with Crippen molar-refractivity contribution >= 4 is 11.3 Å². The summed E-state index contributed by atoms with van der Waals surface area (Å²) >= 11 is 1.68. The molecule has 0 amide bonds. The van der Waals surface area contributed by atoms with E-state index in [1.165, 1.54) is 4.88 Å². The summed E-state index contributed by atoms with van der Waals surface area (Å²) in [6.07, 6.45) is 3.95. The molecular formula is C12H13N3S. The molecule has 16 heavy (non-hydrogen) atoms. The molecule has 2 N–H and O–H groups in total. The van der Waals surface area contributed by atoms with Crippen molar-refractivity contribution < 1.29 is 0 Å². The minimum atomic E-state index is -0.0885. The largest absolute Gasteiger partial charge is 0.321 e. The smallest absolute Gasteiger partial charge is 0.142 e. The molecule has 2 aromatic heterocycles. The van der Waals surface area contributed by atoms with Crippen molar-refractivity contribution in [2.24, 2.45) is 5.73 Å². The summed E-state index contributed by atoms with van der Waals surface area (Å²) < 4.78 is 0. The summed E-state index contributed by atoms with van der Waals surface area (Å²) in [5, 5.41) is 0.977. The Hall–Kier alpha value is -1.26. The van der Waals surface area contributed by atoms with Crippen molar-refractivity contribution in [1.29, 1.82) is 0 Å². The van der Waals surface area contributed by atoms with Crippen LogP contribution >= 0.6 is 11.3 Å². The lowest BCUT2D eigenvalue weighted by Crippen LogP contribution is -2.18. The molecule has 1 aliphatic rings. The van der Waals surface area contributed by atoms with Gasteiger partial charge in [0.15, 0.2) is 0 Å². The number of hydrogen-bond acceptors (Lipinski definition) is 4. The average Bonchev–Trinajstić information content (AvgIpc) is 2.91. The van der Waals surface area contributed by atoms with Crippen LogP contribution in [0.3, 0.4) is 0 Å². The Bertz CT molecular complexity index is 514. The summed E-state index contributed by atoms with van der Waals surface area (Å²) in [6, 6.07) is 5.88. The quantitative estimate of drug-likeness (QED) is 0.863. The lowest BCUT2D eigenvalue weighted by atomic mass is 10.2.